The fourth-order valence-corrected chi connectivity index (χ4v) is 4.44. The molecule has 0 spiro atoms. The standard InChI is InChI=1S/C18H24ClNO3/c1-3-18(22)6-4-5-12-10-20(11-16(12)18)17(21)13-7-14(19)9-15(8-13)23-2/h7-9,12,16,22H,3-6,10-11H2,1-2H3/t12-,16+,18-/m1/s1. The van der Waals surface area contributed by atoms with Gasteiger partial charge in [-0.15, -0.1) is 0 Å². The molecule has 1 aliphatic carbocycles. The summed E-state index contributed by atoms with van der Waals surface area (Å²) in [5.74, 6) is 1.14. The first-order valence-corrected chi connectivity index (χ1v) is 8.71. The number of ether oxygens (including phenoxy) is 1. The van der Waals surface area contributed by atoms with E-state index < -0.39 is 5.60 Å². The van der Waals surface area contributed by atoms with Crippen LogP contribution in [0, 0.1) is 11.8 Å². The minimum atomic E-state index is -0.621. The fraction of sp³-hybridized carbons (Fsp3) is 0.611. The summed E-state index contributed by atoms with van der Waals surface area (Å²) < 4.78 is 5.20. The van der Waals surface area contributed by atoms with Gasteiger partial charge < -0.3 is 14.7 Å². The number of carbonyl (C=O) groups excluding carboxylic acids is 1. The molecule has 1 aromatic rings. The number of hydrogen-bond donors (Lipinski definition) is 1. The molecule has 0 aromatic heterocycles. The summed E-state index contributed by atoms with van der Waals surface area (Å²) in [6.45, 7) is 3.39. The van der Waals surface area contributed by atoms with Crippen LogP contribution in [-0.2, 0) is 0 Å². The van der Waals surface area contributed by atoms with Gasteiger partial charge in [0, 0.05) is 29.6 Å². The quantitative estimate of drug-likeness (QED) is 0.920. The highest BCUT2D eigenvalue weighted by Crippen LogP contribution is 2.44. The molecule has 4 nitrogen and oxygen atoms in total. The van der Waals surface area contributed by atoms with E-state index in [1.165, 1.54) is 0 Å². The normalized spacial score (nSPS) is 30.2. The van der Waals surface area contributed by atoms with Gasteiger partial charge in [0.25, 0.3) is 5.91 Å². The summed E-state index contributed by atoms with van der Waals surface area (Å²) >= 11 is 6.08. The molecule has 1 saturated heterocycles. The summed E-state index contributed by atoms with van der Waals surface area (Å²) in [5.41, 5.74) is -0.0720. The molecule has 1 saturated carbocycles. The van der Waals surface area contributed by atoms with Crippen molar-refractivity contribution < 1.29 is 14.6 Å². The Balaban J connectivity index is 1.81. The van der Waals surface area contributed by atoms with Crippen molar-refractivity contribution in [2.24, 2.45) is 11.8 Å². The Morgan fingerprint density at radius 1 is 1.43 bits per heavy atom. The first kappa shape index (κ1) is 16.6. The van der Waals surface area contributed by atoms with Crippen LogP contribution in [0.1, 0.15) is 43.0 Å². The lowest BCUT2D eigenvalue weighted by atomic mass is 9.69. The van der Waals surface area contributed by atoms with Gasteiger partial charge in [-0.3, -0.25) is 4.79 Å². The van der Waals surface area contributed by atoms with Crippen molar-refractivity contribution in [2.75, 3.05) is 20.2 Å². The second-order valence-electron chi connectivity index (χ2n) is 6.81. The molecule has 23 heavy (non-hydrogen) atoms. The number of hydrogen-bond acceptors (Lipinski definition) is 3. The van der Waals surface area contributed by atoms with Crippen LogP contribution in [0.5, 0.6) is 5.75 Å². The number of fused-ring (bicyclic) bond motifs is 1. The van der Waals surface area contributed by atoms with E-state index in [0.717, 1.165) is 32.2 Å². The molecular formula is C18H24ClNO3. The van der Waals surface area contributed by atoms with Gasteiger partial charge in [0.15, 0.2) is 0 Å². The van der Waals surface area contributed by atoms with Crippen LogP contribution in [0.25, 0.3) is 0 Å². The zero-order valence-electron chi connectivity index (χ0n) is 13.7. The number of benzene rings is 1. The monoisotopic (exact) mass is 337 g/mol. The fourth-order valence-electron chi connectivity index (χ4n) is 4.22. The summed E-state index contributed by atoms with van der Waals surface area (Å²) in [4.78, 5) is 14.7. The third-order valence-corrected chi connectivity index (χ3v) is 5.79. The molecule has 0 bridgehead atoms. The predicted molar refractivity (Wildman–Crippen MR) is 90.0 cm³/mol. The molecule has 0 unspecified atom stereocenters. The third kappa shape index (κ3) is 3.07. The second kappa shape index (κ2) is 6.33. The van der Waals surface area contributed by atoms with Gasteiger partial charge in [0.2, 0.25) is 0 Å². The minimum Gasteiger partial charge on any atom is -0.497 e. The largest absolute Gasteiger partial charge is 0.497 e. The molecular weight excluding hydrogens is 314 g/mol. The number of rotatable bonds is 3. The van der Waals surface area contributed by atoms with Crippen LogP contribution in [0.15, 0.2) is 18.2 Å². The number of likely N-dealkylation sites (tertiary alicyclic amines) is 1. The molecule has 5 heteroatoms. The summed E-state index contributed by atoms with van der Waals surface area (Å²) in [5, 5.41) is 11.4. The topological polar surface area (TPSA) is 49.8 Å². The Morgan fingerprint density at radius 2 is 2.22 bits per heavy atom. The number of amides is 1. The molecule has 0 radical (unpaired) electrons. The average Bonchev–Trinajstić information content (AvgIpc) is 2.99. The number of methoxy groups -OCH3 is 1. The molecule has 2 fully saturated rings. The van der Waals surface area contributed by atoms with E-state index in [0.29, 0.717) is 28.8 Å². The Hall–Kier alpha value is -1.26. The average molecular weight is 338 g/mol. The van der Waals surface area contributed by atoms with E-state index in [9.17, 15) is 9.90 Å². The van der Waals surface area contributed by atoms with Crippen molar-refractivity contribution in [2.45, 2.75) is 38.2 Å². The molecule has 3 atom stereocenters. The van der Waals surface area contributed by atoms with Gasteiger partial charge in [-0.25, -0.2) is 0 Å². The van der Waals surface area contributed by atoms with E-state index in [-0.39, 0.29) is 11.8 Å². The summed E-state index contributed by atoms with van der Waals surface area (Å²) in [7, 11) is 1.56. The highest BCUT2D eigenvalue weighted by atomic mass is 35.5. The lowest BCUT2D eigenvalue weighted by Crippen LogP contribution is -2.44. The minimum absolute atomic E-state index is 0.0290. The van der Waals surface area contributed by atoms with Crippen molar-refractivity contribution in [3.8, 4) is 5.75 Å². The van der Waals surface area contributed by atoms with Crippen LogP contribution in [0.2, 0.25) is 5.02 Å². The van der Waals surface area contributed by atoms with Crippen LogP contribution in [-0.4, -0.2) is 41.7 Å². The van der Waals surface area contributed by atoms with Crippen molar-refractivity contribution in [1.82, 2.24) is 4.90 Å². The Bertz CT molecular complexity index is 606. The number of halogens is 1. The van der Waals surface area contributed by atoms with Gasteiger partial charge in [-0.05, 0) is 43.4 Å². The van der Waals surface area contributed by atoms with Gasteiger partial charge in [0.1, 0.15) is 5.75 Å². The molecule has 1 aliphatic heterocycles. The first-order chi connectivity index (χ1) is 11.0. The molecule has 1 heterocycles. The lowest BCUT2D eigenvalue weighted by molar-refractivity contribution is -0.0609. The molecule has 1 amide bonds. The molecule has 3 rings (SSSR count). The maximum Gasteiger partial charge on any atom is 0.254 e. The van der Waals surface area contributed by atoms with Crippen LogP contribution >= 0.6 is 11.6 Å². The van der Waals surface area contributed by atoms with Crippen LogP contribution in [0.4, 0.5) is 0 Å². The van der Waals surface area contributed by atoms with E-state index in [4.69, 9.17) is 16.3 Å². The van der Waals surface area contributed by atoms with Crippen molar-refractivity contribution in [3.63, 3.8) is 0 Å². The number of carbonyl (C=O) groups is 1. The zero-order chi connectivity index (χ0) is 16.6. The van der Waals surface area contributed by atoms with Crippen molar-refractivity contribution >= 4 is 17.5 Å². The smallest absolute Gasteiger partial charge is 0.254 e. The lowest BCUT2D eigenvalue weighted by Gasteiger charge is -2.40. The van der Waals surface area contributed by atoms with Crippen LogP contribution in [0.3, 0.4) is 0 Å². The maximum absolute atomic E-state index is 12.8. The second-order valence-corrected chi connectivity index (χ2v) is 7.24. The maximum atomic E-state index is 12.8. The Labute approximate surface area is 142 Å². The predicted octanol–water partition coefficient (Wildman–Crippen LogP) is 3.36. The molecule has 126 valence electrons. The highest BCUT2D eigenvalue weighted by Gasteiger charge is 2.48. The highest BCUT2D eigenvalue weighted by molar-refractivity contribution is 6.31. The first-order valence-electron chi connectivity index (χ1n) is 8.33. The zero-order valence-corrected chi connectivity index (χ0v) is 14.5. The Kier molecular flexibility index (Phi) is 4.56. The summed E-state index contributed by atoms with van der Waals surface area (Å²) in [6.07, 6.45) is 3.73. The third-order valence-electron chi connectivity index (χ3n) is 5.57. The van der Waals surface area contributed by atoms with Gasteiger partial charge in [-0.1, -0.05) is 24.9 Å². The number of nitrogens with zero attached hydrogens (tertiary/aromatic N) is 1. The van der Waals surface area contributed by atoms with Gasteiger partial charge in [0.05, 0.1) is 12.7 Å². The van der Waals surface area contributed by atoms with E-state index >= 15 is 0 Å². The van der Waals surface area contributed by atoms with Crippen LogP contribution < -0.4 is 4.74 Å². The van der Waals surface area contributed by atoms with Gasteiger partial charge in [-0.2, -0.15) is 0 Å². The van der Waals surface area contributed by atoms with E-state index in [1.54, 1.807) is 25.3 Å². The van der Waals surface area contributed by atoms with Crippen molar-refractivity contribution in [1.29, 1.82) is 0 Å². The Morgan fingerprint density at radius 3 is 2.91 bits per heavy atom. The summed E-state index contributed by atoms with van der Waals surface area (Å²) in [6, 6.07) is 5.10. The molecule has 1 aromatic carbocycles. The van der Waals surface area contributed by atoms with E-state index in [2.05, 4.69) is 0 Å². The SMILES string of the molecule is CC[C@@]1(O)CCC[C@@H]2CN(C(=O)c3cc(Cl)cc(OC)c3)C[C@@H]21. The number of aliphatic hydroxyl groups is 1. The van der Waals surface area contributed by atoms with E-state index in [1.807, 2.05) is 11.8 Å². The van der Waals surface area contributed by atoms with Gasteiger partial charge >= 0.3 is 0 Å². The van der Waals surface area contributed by atoms with Crippen molar-refractivity contribution in [3.05, 3.63) is 28.8 Å². The molecule has 1 N–H and O–H groups in total. The molecule has 2 aliphatic rings.